The van der Waals surface area contributed by atoms with Crippen LogP contribution in [0.2, 0.25) is 0 Å². The molecule has 62 heavy (non-hydrogen) atoms. The van der Waals surface area contributed by atoms with Crippen LogP contribution in [0.1, 0.15) is 0 Å². The molecule has 13 aromatic rings. The highest BCUT2D eigenvalue weighted by atomic mass is 15.0. The standard InChI is InChI=1S/C57H35N5/c1-2-14-40(15-3-1)61-54-20-8-6-18-45(54)50-29-37(23-25-56(50)61)36-22-24-44-47(28-36)42-16-4-5-17-43(42)49-33-57-51(32-48(44)49)46-19-7-9-21-55(46)62(57)41-30-52(38-12-10-26-58-34-38)60-53(31-41)39-13-11-27-59-35-39/h1-35H. The van der Waals surface area contributed by atoms with Crippen LogP contribution in [-0.4, -0.2) is 24.1 Å². The van der Waals surface area contributed by atoms with Gasteiger partial charge in [-0.3, -0.25) is 9.97 Å². The third-order valence-electron chi connectivity index (χ3n) is 12.6. The first-order valence-electron chi connectivity index (χ1n) is 21.0. The van der Waals surface area contributed by atoms with E-state index in [2.05, 4.69) is 195 Å². The Morgan fingerprint density at radius 3 is 1.39 bits per heavy atom. The van der Waals surface area contributed by atoms with Gasteiger partial charge in [-0.15, -0.1) is 0 Å². The van der Waals surface area contributed by atoms with Gasteiger partial charge < -0.3 is 9.13 Å². The van der Waals surface area contributed by atoms with Gasteiger partial charge in [-0.05, 0) is 134 Å². The number of hydrogen-bond donors (Lipinski definition) is 0. The summed E-state index contributed by atoms with van der Waals surface area (Å²) in [6.07, 6.45) is 7.36. The number of benzene rings is 8. The van der Waals surface area contributed by atoms with E-state index in [1.165, 1.54) is 76.0 Å². The van der Waals surface area contributed by atoms with E-state index in [-0.39, 0.29) is 0 Å². The lowest BCUT2D eigenvalue weighted by Gasteiger charge is -2.15. The van der Waals surface area contributed by atoms with Gasteiger partial charge >= 0.3 is 0 Å². The molecular formula is C57H35N5. The average molecular weight is 790 g/mol. The molecule has 0 aliphatic heterocycles. The number of pyridine rings is 3. The van der Waals surface area contributed by atoms with E-state index in [1.807, 2.05) is 24.5 Å². The van der Waals surface area contributed by atoms with E-state index in [1.54, 1.807) is 12.4 Å². The second kappa shape index (κ2) is 13.6. The molecule has 5 heteroatoms. The van der Waals surface area contributed by atoms with Gasteiger partial charge in [-0.1, -0.05) is 97.1 Å². The number of aromatic nitrogens is 5. The Labute approximate surface area is 356 Å². The Balaban J connectivity index is 1.04. The van der Waals surface area contributed by atoms with Crippen molar-refractivity contribution in [3.05, 3.63) is 213 Å². The maximum Gasteiger partial charge on any atom is 0.0745 e. The topological polar surface area (TPSA) is 48.5 Å². The smallest absolute Gasteiger partial charge is 0.0745 e. The van der Waals surface area contributed by atoms with Crippen molar-refractivity contribution in [1.82, 2.24) is 24.1 Å². The Hall–Kier alpha value is -8.41. The van der Waals surface area contributed by atoms with Crippen molar-refractivity contribution in [3.8, 4) is 45.0 Å². The Morgan fingerprint density at radius 2 is 0.758 bits per heavy atom. The molecule has 5 nitrogen and oxygen atoms in total. The molecule has 0 radical (unpaired) electrons. The van der Waals surface area contributed by atoms with Crippen LogP contribution in [0.25, 0.3) is 121 Å². The van der Waals surface area contributed by atoms with E-state index >= 15 is 0 Å². The van der Waals surface area contributed by atoms with Crippen molar-refractivity contribution in [1.29, 1.82) is 0 Å². The van der Waals surface area contributed by atoms with Crippen molar-refractivity contribution < 1.29 is 0 Å². The van der Waals surface area contributed by atoms with Crippen LogP contribution in [0.15, 0.2) is 213 Å². The summed E-state index contributed by atoms with van der Waals surface area (Å²) in [6.45, 7) is 0. The number of nitrogens with zero attached hydrogens (tertiary/aromatic N) is 5. The predicted molar refractivity (Wildman–Crippen MR) is 257 cm³/mol. The zero-order valence-corrected chi connectivity index (χ0v) is 33.4. The van der Waals surface area contributed by atoms with Crippen molar-refractivity contribution >= 4 is 75.9 Å². The van der Waals surface area contributed by atoms with Crippen molar-refractivity contribution in [3.63, 3.8) is 0 Å². The van der Waals surface area contributed by atoms with Gasteiger partial charge in [0.25, 0.3) is 0 Å². The van der Waals surface area contributed by atoms with Crippen LogP contribution in [0, 0.1) is 0 Å². The largest absolute Gasteiger partial charge is 0.309 e. The average Bonchev–Trinajstić information content (AvgIpc) is 3.86. The third kappa shape index (κ3) is 5.25. The van der Waals surface area contributed by atoms with Gasteiger partial charge in [0.1, 0.15) is 0 Å². The van der Waals surface area contributed by atoms with Gasteiger partial charge in [0.05, 0.1) is 39.1 Å². The molecule has 5 aromatic heterocycles. The number of rotatable bonds is 5. The quantitative estimate of drug-likeness (QED) is 0.163. The molecule has 0 atom stereocenters. The van der Waals surface area contributed by atoms with Crippen LogP contribution in [0.5, 0.6) is 0 Å². The van der Waals surface area contributed by atoms with Crippen LogP contribution < -0.4 is 0 Å². The Kier molecular flexibility index (Phi) is 7.54. The van der Waals surface area contributed by atoms with Gasteiger partial charge in [-0.2, -0.15) is 0 Å². The fourth-order valence-corrected chi connectivity index (χ4v) is 9.85. The summed E-state index contributed by atoms with van der Waals surface area (Å²) < 4.78 is 4.78. The molecule has 0 spiro atoms. The summed E-state index contributed by atoms with van der Waals surface area (Å²) in [5.41, 5.74) is 12.9. The van der Waals surface area contributed by atoms with E-state index in [0.29, 0.717) is 0 Å². The second-order valence-corrected chi connectivity index (χ2v) is 16.1. The fraction of sp³-hybridized carbons (Fsp3) is 0. The summed E-state index contributed by atoms with van der Waals surface area (Å²) in [6, 6.07) is 68.3. The maximum absolute atomic E-state index is 5.15. The Morgan fingerprint density at radius 1 is 0.274 bits per heavy atom. The van der Waals surface area contributed by atoms with E-state index in [9.17, 15) is 0 Å². The highest BCUT2D eigenvalue weighted by molar-refractivity contribution is 6.29. The van der Waals surface area contributed by atoms with Crippen molar-refractivity contribution in [2.24, 2.45) is 0 Å². The number of hydrogen-bond acceptors (Lipinski definition) is 3. The lowest BCUT2D eigenvalue weighted by atomic mass is 9.91. The summed E-state index contributed by atoms with van der Waals surface area (Å²) in [7, 11) is 0. The minimum absolute atomic E-state index is 0.856. The van der Waals surface area contributed by atoms with E-state index < -0.39 is 0 Å². The zero-order chi connectivity index (χ0) is 40.7. The summed E-state index contributed by atoms with van der Waals surface area (Å²) >= 11 is 0. The molecule has 0 unspecified atom stereocenters. The van der Waals surface area contributed by atoms with Gasteiger partial charge in [-0.25, -0.2) is 4.98 Å². The summed E-state index contributed by atoms with van der Waals surface area (Å²) in [5.74, 6) is 0. The molecular weight excluding hydrogens is 755 g/mol. The number of fused-ring (bicyclic) bond motifs is 12. The van der Waals surface area contributed by atoms with E-state index in [4.69, 9.17) is 4.98 Å². The van der Waals surface area contributed by atoms with Crippen LogP contribution in [-0.2, 0) is 0 Å². The van der Waals surface area contributed by atoms with E-state index in [0.717, 1.165) is 44.9 Å². The normalized spacial score (nSPS) is 11.9. The minimum atomic E-state index is 0.856. The zero-order valence-electron chi connectivity index (χ0n) is 33.4. The maximum atomic E-state index is 5.15. The van der Waals surface area contributed by atoms with Crippen molar-refractivity contribution in [2.75, 3.05) is 0 Å². The highest BCUT2D eigenvalue weighted by Gasteiger charge is 2.19. The molecule has 288 valence electrons. The molecule has 0 aliphatic rings. The molecule has 13 rings (SSSR count). The predicted octanol–water partition coefficient (Wildman–Crippen LogP) is 14.5. The highest BCUT2D eigenvalue weighted by Crippen LogP contribution is 2.43. The van der Waals surface area contributed by atoms with Gasteiger partial charge in [0.2, 0.25) is 0 Å². The summed E-state index contributed by atoms with van der Waals surface area (Å²) in [5, 5.41) is 12.3. The van der Waals surface area contributed by atoms with Gasteiger partial charge in [0.15, 0.2) is 0 Å². The van der Waals surface area contributed by atoms with Crippen LogP contribution in [0.3, 0.4) is 0 Å². The molecule has 8 aromatic carbocycles. The molecule has 0 fully saturated rings. The first kappa shape index (κ1) is 34.5. The van der Waals surface area contributed by atoms with Crippen molar-refractivity contribution in [2.45, 2.75) is 0 Å². The molecule has 0 amide bonds. The lowest BCUT2D eigenvalue weighted by molar-refractivity contribution is 1.16. The molecule has 0 saturated carbocycles. The Bertz CT molecular complexity index is 3850. The molecule has 5 heterocycles. The summed E-state index contributed by atoms with van der Waals surface area (Å²) in [4.78, 5) is 14.0. The fourth-order valence-electron chi connectivity index (χ4n) is 9.85. The van der Waals surface area contributed by atoms with Crippen LogP contribution >= 0.6 is 0 Å². The molecule has 0 aliphatic carbocycles. The molecule has 0 N–H and O–H groups in total. The molecule has 0 saturated heterocycles. The lowest BCUT2D eigenvalue weighted by Crippen LogP contribution is -1.98. The second-order valence-electron chi connectivity index (χ2n) is 16.1. The minimum Gasteiger partial charge on any atom is -0.309 e. The van der Waals surface area contributed by atoms with Crippen LogP contribution in [0.4, 0.5) is 0 Å². The molecule has 0 bridgehead atoms. The SMILES string of the molecule is c1ccc(-n2c3ccccc3c3cc(-c4ccc5c(c4)c4ccccc4c4cc6c(cc54)c4ccccc4n6-c4cc(-c5cccnc5)nc(-c5cccnc5)c4)ccc32)cc1. The van der Waals surface area contributed by atoms with Gasteiger partial charge in [0, 0.05) is 63.1 Å². The number of para-hydroxylation sites is 3. The first-order chi connectivity index (χ1) is 30.7. The third-order valence-corrected chi connectivity index (χ3v) is 12.6. The monoisotopic (exact) mass is 789 g/mol. The first-order valence-corrected chi connectivity index (χ1v) is 21.0.